The smallest absolute Gasteiger partial charge is 0.337 e. The lowest BCUT2D eigenvalue weighted by atomic mass is 9.83. The van der Waals surface area contributed by atoms with Gasteiger partial charge in [0.2, 0.25) is 0 Å². The summed E-state index contributed by atoms with van der Waals surface area (Å²) in [6.45, 7) is 14.5. The fraction of sp³-hybridized carbons (Fsp3) is 0.355. The maximum Gasteiger partial charge on any atom is 0.337 e. The van der Waals surface area contributed by atoms with Crippen LogP contribution in [-0.4, -0.2) is 27.5 Å². The molecule has 4 rings (SSSR count). The second-order valence-corrected chi connectivity index (χ2v) is 10.8. The van der Waals surface area contributed by atoms with Crippen molar-refractivity contribution in [1.82, 2.24) is 4.90 Å². The molecule has 1 heterocycles. The van der Waals surface area contributed by atoms with Crippen molar-refractivity contribution in [3.05, 3.63) is 93.0 Å². The van der Waals surface area contributed by atoms with Crippen LogP contribution in [0.25, 0.3) is 11.1 Å². The molecule has 0 saturated carbocycles. The summed E-state index contributed by atoms with van der Waals surface area (Å²) in [5.41, 5.74) is 8.60. The summed E-state index contributed by atoms with van der Waals surface area (Å²) in [5.74, 6) is -1.03. The van der Waals surface area contributed by atoms with Gasteiger partial charge in [-0.3, -0.25) is 4.79 Å². The highest BCUT2D eigenvalue weighted by Gasteiger charge is 2.36. The number of rotatable bonds is 5. The first-order valence-electron chi connectivity index (χ1n) is 12.4. The molecule has 3 aromatic rings. The van der Waals surface area contributed by atoms with Gasteiger partial charge in [0.15, 0.2) is 6.10 Å². The molecule has 5 nitrogen and oxygen atoms in total. The maximum absolute atomic E-state index is 13.5. The summed E-state index contributed by atoms with van der Waals surface area (Å²) in [6, 6.07) is 15.8. The van der Waals surface area contributed by atoms with Crippen LogP contribution in [0.15, 0.2) is 48.5 Å². The Kier molecular flexibility index (Phi) is 6.80. The van der Waals surface area contributed by atoms with Crippen molar-refractivity contribution in [3.8, 4) is 11.1 Å². The van der Waals surface area contributed by atoms with Gasteiger partial charge in [0, 0.05) is 24.2 Å². The molecule has 188 valence electrons. The van der Waals surface area contributed by atoms with Crippen LogP contribution in [0.5, 0.6) is 0 Å². The van der Waals surface area contributed by atoms with Gasteiger partial charge in [-0.05, 0) is 93.5 Å². The van der Waals surface area contributed by atoms with Crippen LogP contribution in [-0.2, 0) is 22.6 Å². The first-order valence-corrected chi connectivity index (χ1v) is 12.4. The van der Waals surface area contributed by atoms with Crippen LogP contribution in [0.2, 0.25) is 0 Å². The number of aliphatic carboxylic acids is 1. The van der Waals surface area contributed by atoms with Crippen molar-refractivity contribution in [2.45, 2.75) is 73.3 Å². The predicted molar refractivity (Wildman–Crippen MR) is 142 cm³/mol. The van der Waals surface area contributed by atoms with Gasteiger partial charge in [0.05, 0.1) is 5.60 Å². The first-order chi connectivity index (χ1) is 16.9. The molecule has 1 unspecified atom stereocenters. The molecular weight excluding hydrogens is 450 g/mol. The lowest BCUT2D eigenvalue weighted by Gasteiger charge is -2.29. The Labute approximate surface area is 213 Å². The zero-order valence-electron chi connectivity index (χ0n) is 22.2. The molecule has 0 spiro atoms. The van der Waals surface area contributed by atoms with Crippen LogP contribution in [0.4, 0.5) is 0 Å². The van der Waals surface area contributed by atoms with Gasteiger partial charge < -0.3 is 14.7 Å². The summed E-state index contributed by atoms with van der Waals surface area (Å²) in [7, 11) is 0. The third-order valence-corrected chi connectivity index (χ3v) is 6.98. The quantitative estimate of drug-likeness (QED) is 0.437. The Morgan fingerprint density at radius 2 is 1.47 bits per heavy atom. The van der Waals surface area contributed by atoms with Crippen LogP contribution >= 0.6 is 0 Å². The fourth-order valence-electron chi connectivity index (χ4n) is 5.15. The minimum atomic E-state index is -1.13. The monoisotopic (exact) mass is 485 g/mol. The average molecular weight is 486 g/mol. The molecule has 0 saturated heterocycles. The molecule has 36 heavy (non-hydrogen) atoms. The largest absolute Gasteiger partial charge is 0.479 e. The Morgan fingerprint density at radius 3 is 2.03 bits per heavy atom. The number of fused-ring (bicyclic) bond motifs is 1. The number of carbonyl (C=O) groups excluding carboxylic acids is 1. The maximum atomic E-state index is 13.5. The molecule has 1 aliphatic rings. The topological polar surface area (TPSA) is 66.8 Å². The molecule has 0 radical (unpaired) electrons. The van der Waals surface area contributed by atoms with E-state index in [1.54, 1.807) is 0 Å². The highest BCUT2D eigenvalue weighted by atomic mass is 16.5. The number of hydrogen-bond donors (Lipinski definition) is 1. The lowest BCUT2D eigenvalue weighted by molar-refractivity contribution is -0.160. The molecule has 5 heteroatoms. The van der Waals surface area contributed by atoms with Gasteiger partial charge in [-0.2, -0.15) is 0 Å². The number of carboxylic acid groups (broad SMARTS) is 1. The normalized spacial score (nSPS) is 14.0. The molecule has 3 aromatic carbocycles. The van der Waals surface area contributed by atoms with Crippen LogP contribution in [0.1, 0.15) is 76.2 Å². The van der Waals surface area contributed by atoms with E-state index in [9.17, 15) is 14.7 Å². The number of amides is 1. The lowest BCUT2D eigenvalue weighted by Crippen LogP contribution is -2.28. The summed E-state index contributed by atoms with van der Waals surface area (Å²) in [6.07, 6.45) is -1.13. The van der Waals surface area contributed by atoms with E-state index in [2.05, 4.69) is 0 Å². The number of aryl methyl sites for hydroxylation is 2. The molecule has 0 aromatic heterocycles. The van der Waals surface area contributed by atoms with Gasteiger partial charge in [-0.25, -0.2) is 4.79 Å². The third kappa shape index (κ3) is 4.80. The zero-order valence-corrected chi connectivity index (χ0v) is 22.2. The van der Waals surface area contributed by atoms with Crippen molar-refractivity contribution in [3.63, 3.8) is 0 Å². The Morgan fingerprint density at radius 1 is 0.889 bits per heavy atom. The minimum Gasteiger partial charge on any atom is -0.479 e. The summed E-state index contributed by atoms with van der Waals surface area (Å²) in [4.78, 5) is 27.9. The predicted octanol–water partition coefficient (Wildman–Crippen LogP) is 6.68. The summed E-state index contributed by atoms with van der Waals surface area (Å²) in [5, 5.41) is 10.3. The number of hydrogen-bond acceptors (Lipinski definition) is 3. The van der Waals surface area contributed by atoms with Gasteiger partial charge in [0.1, 0.15) is 0 Å². The SMILES string of the molecule is Cc1ccc(-c2c(C)c3c(c(C)c2C(OC(C)(C)C)C(=O)O)CN(C(=O)c2ccccc2C)C3)cc1. The Balaban J connectivity index is 1.90. The standard InChI is InChI=1S/C31H35NO4/c1-18-12-14-22(15-13-18)26-20(3)24-16-32(29(33)23-11-9-8-10-19(23)2)17-25(24)21(4)27(26)28(30(34)35)36-31(5,6)7/h8-15,28H,16-17H2,1-7H3,(H,34,35). The highest BCUT2D eigenvalue weighted by molar-refractivity contribution is 5.96. The van der Waals surface area contributed by atoms with Crippen LogP contribution in [0.3, 0.4) is 0 Å². The Bertz CT molecular complexity index is 1330. The number of ether oxygens (including phenoxy) is 1. The van der Waals surface area contributed by atoms with E-state index in [0.29, 0.717) is 24.2 Å². The summed E-state index contributed by atoms with van der Waals surface area (Å²) < 4.78 is 6.15. The Hall–Kier alpha value is -3.44. The number of carboxylic acids is 1. The van der Waals surface area contributed by atoms with E-state index in [1.165, 1.54) is 0 Å². The average Bonchev–Trinajstić information content (AvgIpc) is 3.26. The van der Waals surface area contributed by atoms with E-state index in [0.717, 1.165) is 44.5 Å². The van der Waals surface area contributed by atoms with Crippen LogP contribution < -0.4 is 0 Å². The van der Waals surface area contributed by atoms with E-state index < -0.39 is 17.7 Å². The van der Waals surface area contributed by atoms with Crippen molar-refractivity contribution in [2.75, 3.05) is 0 Å². The van der Waals surface area contributed by atoms with Crippen molar-refractivity contribution in [1.29, 1.82) is 0 Å². The van der Waals surface area contributed by atoms with E-state index >= 15 is 0 Å². The zero-order chi connectivity index (χ0) is 26.4. The number of benzene rings is 3. The number of carbonyl (C=O) groups is 2. The van der Waals surface area contributed by atoms with Crippen molar-refractivity contribution in [2.24, 2.45) is 0 Å². The van der Waals surface area contributed by atoms with E-state index in [4.69, 9.17) is 4.74 Å². The molecule has 1 atom stereocenters. The molecule has 1 N–H and O–H groups in total. The molecule has 0 aliphatic carbocycles. The van der Waals surface area contributed by atoms with Gasteiger partial charge >= 0.3 is 5.97 Å². The van der Waals surface area contributed by atoms with Crippen molar-refractivity contribution >= 4 is 11.9 Å². The van der Waals surface area contributed by atoms with Gasteiger partial charge in [0.25, 0.3) is 5.91 Å². The molecule has 1 aliphatic heterocycles. The third-order valence-electron chi connectivity index (χ3n) is 6.98. The second kappa shape index (κ2) is 9.55. The first kappa shape index (κ1) is 25.6. The second-order valence-electron chi connectivity index (χ2n) is 10.8. The van der Waals surface area contributed by atoms with E-state index in [1.807, 2.05) is 102 Å². The molecule has 0 bridgehead atoms. The van der Waals surface area contributed by atoms with Crippen LogP contribution in [0, 0.1) is 27.7 Å². The molecule has 0 fully saturated rings. The summed E-state index contributed by atoms with van der Waals surface area (Å²) >= 11 is 0. The van der Waals surface area contributed by atoms with Crippen molar-refractivity contribution < 1.29 is 19.4 Å². The van der Waals surface area contributed by atoms with Gasteiger partial charge in [-0.15, -0.1) is 0 Å². The minimum absolute atomic E-state index is 0.0118. The van der Waals surface area contributed by atoms with E-state index in [-0.39, 0.29) is 5.91 Å². The fourth-order valence-corrected chi connectivity index (χ4v) is 5.15. The molecular formula is C31H35NO4. The van der Waals surface area contributed by atoms with Gasteiger partial charge in [-0.1, -0.05) is 48.0 Å². The number of nitrogens with zero attached hydrogens (tertiary/aromatic N) is 1. The molecule has 1 amide bonds. The highest BCUT2D eigenvalue weighted by Crippen LogP contribution is 2.44.